The molecule has 18 heavy (non-hydrogen) atoms. The van der Waals surface area contributed by atoms with Gasteiger partial charge in [-0.05, 0) is 31.5 Å². The van der Waals surface area contributed by atoms with Gasteiger partial charge in [-0.15, -0.1) is 0 Å². The van der Waals surface area contributed by atoms with Gasteiger partial charge >= 0.3 is 5.97 Å². The molecule has 0 bridgehead atoms. The summed E-state index contributed by atoms with van der Waals surface area (Å²) in [5.41, 5.74) is -0.527. The maximum Gasteiger partial charge on any atom is 0.317 e. The summed E-state index contributed by atoms with van der Waals surface area (Å²) in [5.74, 6) is -0.462. The average molecular weight is 286 g/mol. The first-order valence-electron chi connectivity index (χ1n) is 5.45. The molecule has 0 saturated carbocycles. The highest BCUT2D eigenvalue weighted by Crippen LogP contribution is 2.35. The zero-order chi connectivity index (χ0) is 13.8. The predicted octanol–water partition coefficient (Wildman–Crippen LogP) is 3.73. The van der Waals surface area contributed by atoms with Crippen LogP contribution in [-0.2, 0) is 14.9 Å². The van der Waals surface area contributed by atoms with Crippen LogP contribution in [0.2, 0.25) is 10.0 Å². The first-order valence-corrected chi connectivity index (χ1v) is 6.21. The Labute approximate surface area is 116 Å². The lowest BCUT2D eigenvalue weighted by Crippen LogP contribution is -2.34. The van der Waals surface area contributed by atoms with Gasteiger partial charge in [0, 0.05) is 10.0 Å². The number of esters is 1. The van der Waals surface area contributed by atoms with Crippen molar-refractivity contribution >= 4 is 29.2 Å². The van der Waals surface area contributed by atoms with E-state index < -0.39 is 11.4 Å². The van der Waals surface area contributed by atoms with Crippen LogP contribution in [0.25, 0.3) is 0 Å². The first kappa shape index (κ1) is 14.8. The number of nitriles is 1. The number of hydrogen-bond acceptors (Lipinski definition) is 3. The van der Waals surface area contributed by atoms with Gasteiger partial charge in [0.15, 0.2) is 0 Å². The summed E-state index contributed by atoms with van der Waals surface area (Å²) < 4.78 is 5.02. The second-order valence-electron chi connectivity index (χ2n) is 4.01. The molecule has 1 aromatic carbocycles. The van der Waals surface area contributed by atoms with E-state index in [1.807, 2.05) is 6.07 Å². The Hall–Kier alpha value is -1.24. The number of rotatable bonds is 4. The molecule has 0 heterocycles. The minimum absolute atomic E-state index is 0.00676. The molecule has 3 nitrogen and oxygen atoms in total. The first-order chi connectivity index (χ1) is 8.45. The number of nitrogens with zero attached hydrogens (tertiary/aromatic N) is 1. The molecule has 0 N–H and O–H groups in total. The molecule has 0 aliphatic heterocycles. The van der Waals surface area contributed by atoms with Gasteiger partial charge in [0.2, 0.25) is 0 Å². The van der Waals surface area contributed by atoms with E-state index in [0.717, 1.165) is 0 Å². The molecular weight excluding hydrogens is 273 g/mol. The van der Waals surface area contributed by atoms with Gasteiger partial charge in [0.25, 0.3) is 0 Å². The third kappa shape index (κ3) is 2.95. The van der Waals surface area contributed by atoms with Gasteiger partial charge in [-0.3, -0.25) is 4.79 Å². The molecule has 1 unspecified atom stereocenters. The van der Waals surface area contributed by atoms with Crippen LogP contribution in [0, 0.1) is 11.3 Å². The minimum Gasteiger partial charge on any atom is -0.465 e. The minimum atomic E-state index is -1.08. The SMILES string of the molecule is CCOC(=O)C(C)(CC#N)c1ccc(Cl)cc1Cl. The maximum absolute atomic E-state index is 12.0. The number of hydrogen-bond donors (Lipinski definition) is 0. The van der Waals surface area contributed by atoms with Crippen molar-refractivity contribution < 1.29 is 9.53 Å². The van der Waals surface area contributed by atoms with Crippen molar-refractivity contribution in [2.24, 2.45) is 0 Å². The monoisotopic (exact) mass is 285 g/mol. The Bertz CT molecular complexity index is 496. The standard InChI is InChI=1S/C13H13Cl2NO2/c1-3-18-12(17)13(2,6-7-16)10-5-4-9(14)8-11(10)15/h4-5,8H,3,6H2,1-2H3. The van der Waals surface area contributed by atoms with Crippen molar-refractivity contribution in [1.29, 1.82) is 5.26 Å². The molecule has 0 spiro atoms. The third-order valence-corrected chi connectivity index (χ3v) is 3.23. The molecule has 96 valence electrons. The quantitative estimate of drug-likeness (QED) is 0.792. The molecule has 5 heteroatoms. The smallest absolute Gasteiger partial charge is 0.317 e. The summed E-state index contributed by atoms with van der Waals surface area (Å²) in [5, 5.41) is 9.73. The molecule has 1 atom stereocenters. The number of carbonyl (C=O) groups excluding carboxylic acids is 1. The molecule has 0 aromatic heterocycles. The van der Waals surface area contributed by atoms with Crippen LogP contribution in [0.5, 0.6) is 0 Å². The molecule has 0 aliphatic carbocycles. The molecular formula is C13H13Cl2NO2. The van der Waals surface area contributed by atoms with Crippen molar-refractivity contribution in [2.45, 2.75) is 25.7 Å². The molecule has 1 aromatic rings. The van der Waals surface area contributed by atoms with E-state index in [1.165, 1.54) is 0 Å². The molecule has 0 aliphatic rings. The topological polar surface area (TPSA) is 50.1 Å². The highest BCUT2D eigenvalue weighted by molar-refractivity contribution is 6.35. The maximum atomic E-state index is 12.0. The summed E-state index contributed by atoms with van der Waals surface area (Å²) in [7, 11) is 0. The van der Waals surface area contributed by atoms with Crippen LogP contribution in [0.4, 0.5) is 0 Å². The van der Waals surface area contributed by atoms with E-state index >= 15 is 0 Å². The largest absolute Gasteiger partial charge is 0.465 e. The zero-order valence-corrected chi connectivity index (χ0v) is 11.7. The molecule has 0 radical (unpaired) electrons. The average Bonchev–Trinajstić information content (AvgIpc) is 2.29. The van der Waals surface area contributed by atoms with E-state index in [1.54, 1.807) is 32.0 Å². The zero-order valence-electron chi connectivity index (χ0n) is 10.2. The summed E-state index contributed by atoms with van der Waals surface area (Å²) >= 11 is 11.9. The summed E-state index contributed by atoms with van der Waals surface area (Å²) in [6.07, 6.45) is -0.00676. The lowest BCUT2D eigenvalue weighted by atomic mass is 9.80. The van der Waals surface area contributed by atoms with Crippen molar-refractivity contribution in [2.75, 3.05) is 6.61 Å². The Kier molecular flexibility index (Phi) is 5.01. The van der Waals surface area contributed by atoms with Gasteiger partial charge in [0.1, 0.15) is 5.41 Å². The number of benzene rings is 1. The van der Waals surface area contributed by atoms with E-state index in [9.17, 15) is 4.79 Å². The predicted molar refractivity (Wildman–Crippen MR) is 70.7 cm³/mol. The van der Waals surface area contributed by atoms with Gasteiger partial charge in [-0.25, -0.2) is 0 Å². The fourth-order valence-electron chi connectivity index (χ4n) is 1.66. The fourth-order valence-corrected chi connectivity index (χ4v) is 2.28. The molecule has 0 amide bonds. The van der Waals surface area contributed by atoms with Gasteiger partial charge in [0.05, 0.1) is 19.1 Å². The van der Waals surface area contributed by atoms with Crippen LogP contribution in [0.1, 0.15) is 25.8 Å². The van der Waals surface area contributed by atoms with E-state index in [0.29, 0.717) is 15.6 Å². The summed E-state index contributed by atoms with van der Waals surface area (Å²) in [6.45, 7) is 3.61. The Morgan fingerprint density at radius 3 is 2.67 bits per heavy atom. The lowest BCUT2D eigenvalue weighted by Gasteiger charge is -2.26. The number of halogens is 2. The molecule has 0 fully saturated rings. The highest BCUT2D eigenvalue weighted by Gasteiger charge is 2.38. The summed E-state index contributed by atoms with van der Waals surface area (Å²) in [4.78, 5) is 12.0. The van der Waals surface area contributed by atoms with E-state index in [-0.39, 0.29) is 13.0 Å². The van der Waals surface area contributed by atoms with Crippen LogP contribution in [0.3, 0.4) is 0 Å². The Morgan fingerprint density at radius 1 is 1.50 bits per heavy atom. The Balaban J connectivity index is 3.27. The van der Waals surface area contributed by atoms with E-state index in [2.05, 4.69) is 0 Å². The van der Waals surface area contributed by atoms with Crippen LogP contribution in [-0.4, -0.2) is 12.6 Å². The highest BCUT2D eigenvalue weighted by atomic mass is 35.5. The van der Waals surface area contributed by atoms with Crippen LogP contribution < -0.4 is 0 Å². The van der Waals surface area contributed by atoms with Gasteiger partial charge < -0.3 is 4.74 Å². The van der Waals surface area contributed by atoms with Crippen molar-refractivity contribution in [1.82, 2.24) is 0 Å². The Morgan fingerprint density at radius 2 is 2.17 bits per heavy atom. The molecule has 1 rings (SSSR count). The van der Waals surface area contributed by atoms with Crippen molar-refractivity contribution in [3.05, 3.63) is 33.8 Å². The normalized spacial score (nSPS) is 13.5. The number of ether oxygens (including phenoxy) is 1. The second kappa shape index (κ2) is 6.08. The van der Waals surface area contributed by atoms with Crippen molar-refractivity contribution in [3.8, 4) is 6.07 Å². The van der Waals surface area contributed by atoms with Crippen molar-refractivity contribution in [3.63, 3.8) is 0 Å². The van der Waals surface area contributed by atoms with Gasteiger partial charge in [-0.1, -0.05) is 29.3 Å². The van der Waals surface area contributed by atoms with Crippen LogP contribution >= 0.6 is 23.2 Å². The van der Waals surface area contributed by atoms with Gasteiger partial charge in [-0.2, -0.15) is 5.26 Å². The number of carbonyl (C=O) groups is 1. The molecule has 0 saturated heterocycles. The lowest BCUT2D eigenvalue weighted by molar-refractivity contribution is -0.149. The fraction of sp³-hybridized carbons (Fsp3) is 0.385. The summed E-state index contributed by atoms with van der Waals surface area (Å²) in [6, 6.07) is 6.83. The van der Waals surface area contributed by atoms with E-state index in [4.69, 9.17) is 33.2 Å². The second-order valence-corrected chi connectivity index (χ2v) is 4.86. The third-order valence-electron chi connectivity index (χ3n) is 2.68. The van der Waals surface area contributed by atoms with Crippen LogP contribution in [0.15, 0.2) is 18.2 Å².